The molecule has 0 bridgehead atoms. The first-order valence-corrected chi connectivity index (χ1v) is 8.71. The lowest BCUT2D eigenvalue weighted by molar-refractivity contribution is 0.0685. The van der Waals surface area contributed by atoms with Crippen LogP contribution in [0, 0.1) is 13.8 Å². The van der Waals surface area contributed by atoms with E-state index in [0.29, 0.717) is 27.1 Å². The van der Waals surface area contributed by atoms with Crippen LogP contribution in [-0.4, -0.2) is 30.9 Å². The molecule has 0 radical (unpaired) electrons. The number of ether oxygens (including phenoxy) is 1. The summed E-state index contributed by atoms with van der Waals surface area (Å²) in [6.45, 7) is 3.49. The fourth-order valence-corrected chi connectivity index (χ4v) is 2.95. The van der Waals surface area contributed by atoms with Gasteiger partial charge in [0.05, 0.1) is 10.2 Å². The van der Waals surface area contributed by atoms with Gasteiger partial charge in [-0.25, -0.2) is 9.59 Å². The van der Waals surface area contributed by atoms with E-state index in [0.717, 1.165) is 4.68 Å². The van der Waals surface area contributed by atoms with Crippen molar-refractivity contribution in [2.45, 2.75) is 13.8 Å². The highest BCUT2D eigenvalue weighted by molar-refractivity contribution is 9.10. The van der Waals surface area contributed by atoms with Crippen LogP contribution in [0.25, 0.3) is 5.69 Å². The van der Waals surface area contributed by atoms with Crippen LogP contribution in [0.1, 0.15) is 21.6 Å². The van der Waals surface area contributed by atoms with Gasteiger partial charge in [0, 0.05) is 0 Å². The lowest BCUT2D eigenvalue weighted by Crippen LogP contribution is -2.35. The summed E-state index contributed by atoms with van der Waals surface area (Å²) in [6, 6.07) is 7.84. The number of carbonyl (C=O) groups is 1. The van der Waals surface area contributed by atoms with E-state index >= 15 is 0 Å². The second-order valence-electron chi connectivity index (χ2n) is 5.95. The molecule has 0 atom stereocenters. The predicted octanol–water partition coefficient (Wildman–Crippen LogP) is 2.50. The van der Waals surface area contributed by atoms with Crippen LogP contribution < -0.4 is 16.0 Å². The number of hydrogen-bond donors (Lipinski definition) is 3. The Hall–Kier alpha value is -3.40. The maximum Gasteiger partial charge on any atom is 0.362 e. The number of aryl methyl sites for hydroxylation is 2. The number of nitrogens with one attached hydrogen (secondary N) is 1. The largest absolute Gasteiger partial charge is 0.507 e. The highest BCUT2D eigenvalue weighted by atomic mass is 79.9. The maximum absolute atomic E-state index is 12.1. The monoisotopic (exact) mass is 447 g/mol. The summed E-state index contributed by atoms with van der Waals surface area (Å²) in [5, 5.41) is 22.3. The first kappa shape index (κ1) is 19.4. The minimum absolute atomic E-state index is 0.0777. The summed E-state index contributed by atoms with van der Waals surface area (Å²) >= 11 is 3.22. The van der Waals surface area contributed by atoms with E-state index in [9.17, 15) is 19.5 Å². The molecule has 0 aliphatic rings. The predicted molar refractivity (Wildman–Crippen MR) is 103 cm³/mol. The van der Waals surface area contributed by atoms with Crippen LogP contribution in [0.15, 0.2) is 44.4 Å². The van der Waals surface area contributed by atoms with Gasteiger partial charge in [0.1, 0.15) is 17.2 Å². The molecule has 28 heavy (non-hydrogen) atoms. The standard InChI is InChI=1S/C18H14BrN3O6/c1-8-5-10(22-18(27)20-16(24)14(21-22)17(25)26)6-9(2)15(8)28-11-3-4-13(23)12(19)7-11/h3-7,23H,1-2H3,(H,25,26)(H,20,24,27). The Morgan fingerprint density at radius 3 is 2.39 bits per heavy atom. The topological polar surface area (TPSA) is 135 Å². The summed E-state index contributed by atoms with van der Waals surface area (Å²) in [7, 11) is 0. The van der Waals surface area contributed by atoms with Crippen molar-refractivity contribution in [2.75, 3.05) is 0 Å². The maximum atomic E-state index is 12.1. The van der Waals surface area contributed by atoms with Gasteiger partial charge in [0.25, 0.3) is 5.56 Å². The van der Waals surface area contributed by atoms with Gasteiger partial charge in [0.15, 0.2) is 0 Å². The third-order valence-electron chi connectivity index (χ3n) is 3.86. The number of carboxylic acids is 1. The Bertz CT molecular complexity index is 1190. The highest BCUT2D eigenvalue weighted by Crippen LogP contribution is 2.34. The molecule has 10 heteroatoms. The summed E-state index contributed by atoms with van der Waals surface area (Å²) < 4.78 is 7.16. The number of H-pyrrole nitrogens is 1. The van der Waals surface area contributed by atoms with Crippen molar-refractivity contribution in [3.8, 4) is 22.9 Å². The Morgan fingerprint density at radius 1 is 1.18 bits per heavy atom. The van der Waals surface area contributed by atoms with Crippen molar-refractivity contribution in [2.24, 2.45) is 0 Å². The number of phenols is 1. The summed E-state index contributed by atoms with van der Waals surface area (Å²) in [5.41, 5.74) is -1.14. The molecule has 144 valence electrons. The van der Waals surface area contributed by atoms with Gasteiger partial charge >= 0.3 is 11.7 Å². The Balaban J connectivity index is 2.06. The normalized spacial score (nSPS) is 10.7. The van der Waals surface area contributed by atoms with Gasteiger partial charge in [0.2, 0.25) is 5.69 Å². The summed E-state index contributed by atoms with van der Waals surface area (Å²) in [6.07, 6.45) is 0. The average Bonchev–Trinajstić information content (AvgIpc) is 2.60. The van der Waals surface area contributed by atoms with Gasteiger partial charge in [-0.2, -0.15) is 9.78 Å². The van der Waals surface area contributed by atoms with E-state index in [1.165, 1.54) is 6.07 Å². The molecule has 1 aromatic heterocycles. The second kappa shape index (κ2) is 7.31. The van der Waals surface area contributed by atoms with Crippen molar-refractivity contribution >= 4 is 21.9 Å². The van der Waals surface area contributed by atoms with Crippen LogP contribution in [-0.2, 0) is 0 Å². The van der Waals surface area contributed by atoms with Gasteiger partial charge in [-0.3, -0.25) is 9.78 Å². The number of aromatic hydroxyl groups is 1. The number of aromatic nitrogens is 3. The molecule has 0 amide bonds. The summed E-state index contributed by atoms with van der Waals surface area (Å²) in [4.78, 5) is 36.7. The van der Waals surface area contributed by atoms with Gasteiger partial charge < -0.3 is 14.9 Å². The Labute approximate surface area is 166 Å². The van der Waals surface area contributed by atoms with E-state index in [1.807, 2.05) is 4.98 Å². The second-order valence-corrected chi connectivity index (χ2v) is 6.80. The van der Waals surface area contributed by atoms with Crippen LogP contribution in [0.3, 0.4) is 0 Å². The molecular weight excluding hydrogens is 434 g/mol. The average molecular weight is 448 g/mol. The zero-order chi connectivity index (χ0) is 20.6. The molecular formula is C18H14BrN3O6. The number of aromatic carboxylic acids is 1. The van der Waals surface area contributed by atoms with Crippen LogP contribution in [0.4, 0.5) is 0 Å². The molecule has 0 spiro atoms. The minimum atomic E-state index is -1.54. The Kier molecular flexibility index (Phi) is 5.06. The number of rotatable bonds is 4. The molecule has 0 unspecified atom stereocenters. The highest BCUT2D eigenvalue weighted by Gasteiger charge is 2.16. The SMILES string of the molecule is Cc1cc(-n2nc(C(=O)O)c(=O)[nH]c2=O)cc(C)c1Oc1ccc(O)c(Br)c1. The summed E-state index contributed by atoms with van der Waals surface area (Å²) in [5.74, 6) is -0.455. The fourth-order valence-electron chi connectivity index (χ4n) is 2.59. The van der Waals surface area contributed by atoms with E-state index in [-0.39, 0.29) is 11.4 Å². The number of nitrogens with zero attached hydrogens (tertiary/aromatic N) is 2. The Morgan fingerprint density at radius 2 is 1.82 bits per heavy atom. The van der Waals surface area contributed by atoms with E-state index in [1.54, 1.807) is 38.1 Å². The van der Waals surface area contributed by atoms with Crippen LogP contribution in [0.2, 0.25) is 0 Å². The smallest absolute Gasteiger partial charge is 0.362 e. The number of halogens is 1. The number of hydrogen-bond acceptors (Lipinski definition) is 6. The molecule has 3 N–H and O–H groups in total. The van der Waals surface area contributed by atoms with Crippen molar-refractivity contribution in [3.05, 3.63) is 72.5 Å². The van der Waals surface area contributed by atoms with E-state index < -0.39 is 22.9 Å². The van der Waals surface area contributed by atoms with Crippen molar-refractivity contribution in [1.29, 1.82) is 0 Å². The number of phenolic OH excluding ortho intramolecular Hbond substituents is 1. The zero-order valence-corrected chi connectivity index (χ0v) is 16.3. The van der Waals surface area contributed by atoms with Crippen molar-refractivity contribution in [1.82, 2.24) is 14.8 Å². The lowest BCUT2D eigenvalue weighted by atomic mass is 10.1. The quantitative estimate of drug-likeness (QED) is 0.558. The molecule has 2 aromatic carbocycles. The fraction of sp³-hybridized carbons (Fsp3) is 0.111. The molecule has 0 aliphatic carbocycles. The van der Waals surface area contributed by atoms with Crippen molar-refractivity contribution < 1.29 is 19.7 Å². The third kappa shape index (κ3) is 3.67. The third-order valence-corrected chi connectivity index (χ3v) is 4.49. The molecule has 0 aliphatic heterocycles. The van der Waals surface area contributed by atoms with Crippen LogP contribution >= 0.6 is 15.9 Å². The van der Waals surface area contributed by atoms with Crippen LogP contribution in [0.5, 0.6) is 17.2 Å². The molecule has 0 fully saturated rings. The van der Waals surface area contributed by atoms with E-state index in [4.69, 9.17) is 9.84 Å². The first-order chi connectivity index (χ1) is 13.2. The molecule has 3 rings (SSSR count). The lowest BCUT2D eigenvalue weighted by Gasteiger charge is -2.14. The number of carboxylic acid groups (broad SMARTS) is 1. The van der Waals surface area contributed by atoms with E-state index in [2.05, 4.69) is 21.0 Å². The van der Waals surface area contributed by atoms with Gasteiger partial charge in [-0.05, 0) is 71.2 Å². The van der Waals surface area contributed by atoms with Crippen molar-refractivity contribution in [3.63, 3.8) is 0 Å². The molecule has 3 aromatic rings. The number of aromatic amines is 1. The molecule has 0 saturated carbocycles. The first-order valence-electron chi connectivity index (χ1n) is 7.92. The number of benzene rings is 2. The molecule has 9 nitrogen and oxygen atoms in total. The molecule has 0 saturated heterocycles. The molecule has 1 heterocycles. The minimum Gasteiger partial charge on any atom is -0.507 e. The zero-order valence-electron chi connectivity index (χ0n) is 14.7. The van der Waals surface area contributed by atoms with Gasteiger partial charge in [-0.15, -0.1) is 0 Å². The van der Waals surface area contributed by atoms with Gasteiger partial charge in [-0.1, -0.05) is 0 Å².